The van der Waals surface area contributed by atoms with Gasteiger partial charge in [0.1, 0.15) is 11.7 Å². The predicted octanol–water partition coefficient (Wildman–Crippen LogP) is 3.12. The highest BCUT2D eigenvalue weighted by atomic mass is 19.1. The summed E-state index contributed by atoms with van der Waals surface area (Å²) in [6.45, 7) is 2.28. The van der Waals surface area contributed by atoms with Crippen molar-refractivity contribution in [3.8, 4) is 0 Å². The Morgan fingerprint density at radius 1 is 1.32 bits per heavy atom. The van der Waals surface area contributed by atoms with E-state index in [9.17, 15) is 4.39 Å². The lowest BCUT2D eigenvalue weighted by molar-refractivity contribution is 0.340. The molecule has 0 spiro atoms. The van der Waals surface area contributed by atoms with E-state index in [1.54, 1.807) is 6.07 Å². The smallest absolute Gasteiger partial charge is 0.136 e. The van der Waals surface area contributed by atoms with E-state index in [1.807, 2.05) is 13.1 Å². The van der Waals surface area contributed by atoms with Crippen LogP contribution >= 0.6 is 0 Å². The number of nitrogen functional groups attached to an aromatic ring is 1. The van der Waals surface area contributed by atoms with Crippen LogP contribution in [0.1, 0.15) is 38.2 Å². The Labute approximate surface area is 114 Å². The first-order valence-corrected chi connectivity index (χ1v) is 6.86. The summed E-state index contributed by atoms with van der Waals surface area (Å²) in [5, 5.41) is 7.57. The van der Waals surface area contributed by atoms with E-state index in [1.165, 1.54) is 18.9 Å². The third-order valence-electron chi connectivity index (χ3n) is 4.17. The highest BCUT2D eigenvalue weighted by Crippen LogP contribution is 2.31. The summed E-state index contributed by atoms with van der Waals surface area (Å²) < 4.78 is 13.8. The van der Waals surface area contributed by atoms with Gasteiger partial charge in [0.2, 0.25) is 0 Å². The average molecular weight is 263 g/mol. The van der Waals surface area contributed by atoms with Gasteiger partial charge in [-0.05, 0) is 43.7 Å². The molecule has 1 aliphatic rings. The number of anilines is 1. The van der Waals surface area contributed by atoms with E-state index in [0.29, 0.717) is 6.04 Å². The number of amidine groups is 1. The highest BCUT2D eigenvalue weighted by Gasteiger charge is 2.24. The molecular weight excluding hydrogens is 241 g/mol. The molecule has 0 aromatic heterocycles. The van der Waals surface area contributed by atoms with Crippen LogP contribution in [0.3, 0.4) is 0 Å². The molecule has 1 aliphatic carbocycles. The van der Waals surface area contributed by atoms with Gasteiger partial charge in [-0.3, -0.25) is 5.41 Å². The predicted molar refractivity (Wildman–Crippen MR) is 77.2 cm³/mol. The molecule has 3 nitrogen and oxygen atoms in total. The molecule has 3 N–H and O–H groups in total. The van der Waals surface area contributed by atoms with Crippen LogP contribution < -0.4 is 10.6 Å². The zero-order valence-corrected chi connectivity index (χ0v) is 11.6. The van der Waals surface area contributed by atoms with Crippen molar-refractivity contribution >= 4 is 11.5 Å². The molecule has 0 aliphatic heterocycles. The first kappa shape index (κ1) is 13.8. The van der Waals surface area contributed by atoms with Crippen LogP contribution in [0, 0.1) is 17.1 Å². The second kappa shape index (κ2) is 5.59. The van der Waals surface area contributed by atoms with Gasteiger partial charge in [0.25, 0.3) is 0 Å². The van der Waals surface area contributed by atoms with E-state index in [4.69, 9.17) is 11.1 Å². The Balaban J connectivity index is 2.26. The molecule has 19 heavy (non-hydrogen) atoms. The van der Waals surface area contributed by atoms with Crippen molar-refractivity contribution in [3.05, 3.63) is 29.6 Å². The fourth-order valence-electron chi connectivity index (χ4n) is 2.90. The summed E-state index contributed by atoms with van der Waals surface area (Å²) in [5.41, 5.74) is 6.48. The number of hydrogen-bond acceptors (Lipinski definition) is 2. The quantitative estimate of drug-likeness (QED) is 0.650. The summed E-state index contributed by atoms with van der Waals surface area (Å²) in [5.74, 6) is 0.162. The number of nitrogens with one attached hydrogen (secondary N) is 1. The Kier molecular flexibility index (Phi) is 4.08. The topological polar surface area (TPSA) is 53.1 Å². The van der Waals surface area contributed by atoms with Crippen molar-refractivity contribution in [1.29, 1.82) is 5.41 Å². The lowest BCUT2D eigenvalue weighted by atomic mass is 9.86. The van der Waals surface area contributed by atoms with Gasteiger partial charge >= 0.3 is 0 Å². The maximum atomic E-state index is 13.8. The molecular formula is C15H22FN3. The van der Waals surface area contributed by atoms with E-state index in [2.05, 4.69) is 11.8 Å². The van der Waals surface area contributed by atoms with Gasteiger partial charge in [0.05, 0.1) is 11.3 Å². The zero-order valence-electron chi connectivity index (χ0n) is 11.6. The lowest BCUT2D eigenvalue weighted by Crippen LogP contribution is -2.36. The maximum Gasteiger partial charge on any atom is 0.136 e. The van der Waals surface area contributed by atoms with Gasteiger partial charge in [-0.15, -0.1) is 0 Å². The van der Waals surface area contributed by atoms with Crippen LogP contribution in [0.25, 0.3) is 0 Å². The molecule has 2 rings (SSSR count). The van der Waals surface area contributed by atoms with E-state index >= 15 is 0 Å². The summed E-state index contributed by atoms with van der Waals surface area (Å²) in [6, 6.07) is 5.30. The molecule has 0 saturated heterocycles. The number of hydrogen-bond donors (Lipinski definition) is 2. The molecule has 1 saturated carbocycles. The molecule has 0 atom stereocenters. The number of benzene rings is 1. The molecule has 104 valence electrons. The van der Waals surface area contributed by atoms with Crippen molar-refractivity contribution in [3.63, 3.8) is 0 Å². The van der Waals surface area contributed by atoms with Crippen molar-refractivity contribution in [2.45, 2.75) is 38.6 Å². The number of rotatable bonds is 3. The van der Waals surface area contributed by atoms with Gasteiger partial charge in [0, 0.05) is 13.1 Å². The van der Waals surface area contributed by atoms with Crippen LogP contribution in [-0.2, 0) is 0 Å². The summed E-state index contributed by atoms with van der Waals surface area (Å²) in [4.78, 5) is 2.09. The largest absolute Gasteiger partial charge is 0.384 e. The van der Waals surface area contributed by atoms with Crippen LogP contribution in [0.5, 0.6) is 0 Å². The van der Waals surface area contributed by atoms with Crippen LogP contribution in [0.15, 0.2) is 18.2 Å². The Bertz CT molecular complexity index is 464. The zero-order chi connectivity index (χ0) is 14.0. The molecule has 1 aromatic carbocycles. The number of halogens is 1. The minimum atomic E-state index is -0.416. The Morgan fingerprint density at radius 2 is 1.95 bits per heavy atom. The van der Waals surface area contributed by atoms with Crippen molar-refractivity contribution in [1.82, 2.24) is 0 Å². The third-order valence-corrected chi connectivity index (χ3v) is 4.17. The van der Waals surface area contributed by atoms with Crippen molar-refractivity contribution < 1.29 is 4.39 Å². The number of nitrogens with two attached hydrogens (primary N) is 1. The Hall–Kier alpha value is -1.58. The van der Waals surface area contributed by atoms with E-state index in [-0.39, 0.29) is 11.4 Å². The normalized spacial score (nSPS) is 23.1. The molecule has 1 fully saturated rings. The monoisotopic (exact) mass is 263 g/mol. The van der Waals surface area contributed by atoms with Crippen molar-refractivity contribution in [2.75, 3.05) is 11.9 Å². The van der Waals surface area contributed by atoms with Crippen LogP contribution in [0.4, 0.5) is 10.1 Å². The van der Waals surface area contributed by atoms with E-state index < -0.39 is 5.82 Å². The summed E-state index contributed by atoms with van der Waals surface area (Å²) in [7, 11) is 1.97. The molecule has 0 heterocycles. The summed E-state index contributed by atoms with van der Waals surface area (Å²) in [6.07, 6.45) is 4.65. The first-order chi connectivity index (χ1) is 9.00. The van der Waals surface area contributed by atoms with Crippen LogP contribution in [-0.4, -0.2) is 18.9 Å². The standard InChI is InChI=1S/C15H22FN3/c1-10-6-8-11(9-7-10)19(2)13-5-3-4-12(16)14(13)15(17)18/h3-5,10-11H,6-9H2,1-2H3,(H3,17,18). The molecule has 0 unspecified atom stereocenters. The second-order valence-corrected chi connectivity index (χ2v) is 5.57. The molecule has 4 heteroatoms. The van der Waals surface area contributed by atoms with Crippen LogP contribution in [0.2, 0.25) is 0 Å². The van der Waals surface area contributed by atoms with Gasteiger partial charge in [-0.2, -0.15) is 0 Å². The third kappa shape index (κ3) is 2.88. The second-order valence-electron chi connectivity index (χ2n) is 5.57. The van der Waals surface area contributed by atoms with Crippen molar-refractivity contribution in [2.24, 2.45) is 11.7 Å². The SMILES string of the molecule is CC1CCC(N(C)c2cccc(F)c2C(=N)N)CC1. The first-order valence-electron chi connectivity index (χ1n) is 6.86. The fraction of sp³-hybridized carbons (Fsp3) is 0.533. The van der Waals surface area contributed by atoms with Gasteiger partial charge in [-0.1, -0.05) is 13.0 Å². The molecule has 1 aromatic rings. The molecule has 0 bridgehead atoms. The lowest BCUT2D eigenvalue weighted by Gasteiger charge is -2.36. The summed E-state index contributed by atoms with van der Waals surface area (Å²) >= 11 is 0. The minimum absolute atomic E-state index is 0.205. The van der Waals surface area contributed by atoms with Gasteiger partial charge < -0.3 is 10.6 Å². The Morgan fingerprint density at radius 3 is 2.53 bits per heavy atom. The number of nitrogens with zero attached hydrogens (tertiary/aromatic N) is 1. The molecule has 0 amide bonds. The van der Waals surface area contributed by atoms with Gasteiger partial charge in [0.15, 0.2) is 0 Å². The fourth-order valence-corrected chi connectivity index (χ4v) is 2.90. The highest BCUT2D eigenvalue weighted by molar-refractivity contribution is 6.00. The van der Waals surface area contributed by atoms with E-state index in [0.717, 1.165) is 24.4 Å². The van der Waals surface area contributed by atoms with Gasteiger partial charge in [-0.25, -0.2) is 4.39 Å². The maximum absolute atomic E-state index is 13.8. The average Bonchev–Trinajstić information content (AvgIpc) is 2.38. The minimum Gasteiger partial charge on any atom is -0.384 e. The molecule has 0 radical (unpaired) electrons.